The maximum absolute atomic E-state index is 13.1. The lowest BCUT2D eigenvalue weighted by atomic mass is 9.90. The molecule has 4 rings (SSSR count). The van der Waals surface area contributed by atoms with Crippen molar-refractivity contribution in [1.29, 1.82) is 0 Å². The quantitative estimate of drug-likeness (QED) is 0.821. The highest BCUT2D eigenvalue weighted by atomic mass is 32.2. The molecule has 0 aromatic heterocycles. The topological polar surface area (TPSA) is 95.6 Å². The van der Waals surface area contributed by atoms with Gasteiger partial charge in [0.25, 0.3) is 5.91 Å². The zero-order valence-corrected chi connectivity index (χ0v) is 16.2. The van der Waals surface area contributed by atoms with E-state index in [1.165, 1.54) is 4.31 Å². The lowest BCUT2D eigenvalue weighted by Gasteiger charge is -2.36. The van der Waals surface area contributed by atoms with Gasteiger partial charge in [-0.05, 0) is 43.0 Å². The molecule has 2 heterocycles. The molecule has 0 saturated carbocycles. The molecule has 2 N–H and O–H groups in total. The maximum atomic E-state index is 13.1. The molecular weight excluding hydrogens is 378 g/mol. The van der Waals surface area contributed by atoms with Crippen molar-refractivity contribution >= 4 is 27.7 Å². The summed E-state index contributed by atoms with van der Waals surface area (Å²) in [5.41, 5.74) is 2.46. The number of aryl methyl sites for hydroxylation is 1. The monoisotopic (exact) mass is 399 g/mol. The summed E-state index contributed by atoms with van der Waals surface area (Å²) >= 11 is 0. The fourth-order valence-electron chi connectivity index (χ4n) is 3.91. The number of hydrogen-bond donors (Lipinski definition) is 2. The van der Waals surface area contributed by atoms with E-state index in [-0.39, 0.29) is 18.5 Å². The molecule has 7 nitrogen and oxygen atoms in total. The number of amides is 2. The van der Waals surface area contributed by atoms with Crippen LogP contribution in [0.15, 0.2) is 48.5 Å². The average molecular weight is 399 g/mol. The SMILES string of the molecule is CC1CCc2ccccc2N1S(=O)(=O)NC(=O)C1CNC(=O)c2ccccc21. The van der Waals surface area contributed by atoms with Crippen LogP contribution < -0.4 is 14.3 Å². The average Bonchev–Trinajstić information content (AvgIpc) is 2.67. The summed E-state index contributed by atoms with van der Waals surface area (Å²) in [6.07, 6.45) is 1.47. The van der Waals surface area contributed by atoms with E-state index in [1.54, 1.807) is 36.4 Å². The molecule has 0 saturated heterocycles. The van der Waals surface area contributed by atoms with Gasteiger partial charge in [-0.15, -0.1) is 0 Å². The molecule has 0 bridgehead atoms. The first-order chi connectivity index (χ1) is 13.4. The third-order valence-electron chi connectivity index (χ3n) is 5.31. The number of nitrogens with one attached hydrogen (secondary N) is 2. The number of para-hydroxylation sites is 1. The first kappa shape index (κ1) is 18.5. The lowest BCUT2D eigenvalue weighted by Crippen LogP contribution is -2.52. The molecule has 2 aromatic rings. The zero-order chi connectivity index (χ0) is 19.9. The number of hydrogen-bond acceptors (Lipinski definition) is 4. The lowest BCUT2D eigenvalue weighted by molar-refractivity contribution is -0.120. The van der Waals surface area contributed by atoms with Crippen molar-refractivity contribution < 1.29 is 18.0 Å². The van der Waals surface area contributed by atoms with Crippen LogP contribution >= 0.6 is 0 Å². The van der Waals surface area contributed by atoms with Crippen molar-refractivity contribution in [3.05, 3.63) is 65.2 Å². The molecule has 0 radical (unpaired) electrons. The molecule has 2 aromatic carbocycles. The number of anilines is 1. The minimum atomic E-state index is -4.09. The second-order valence-electron chi connectivity index (χ2n) is 7.13. The Morgan fingerprint density at radius 3 is 2.68 bits per heavy atom. The van der Waals surface area contributed by atoms with Crippen LogP contribution in [0, 0.1) is 0 Å². The Morgan fingerprint density at radius 2 is 1.86 bits per heavy atom. The fraction of sp³-hybridized carbons (Fsp3) is 0.300. The fourth-order valence-corrected chi connectivity index (χ4v) is 5.42. The van der Waals surface area contributed by atoms with Gasteiger partial charge < -0.3 is 5.32 Å². The largest absolute Gasteiger partial charge is 0.351 e. The van der Waals surface area contributed by atoms with E-state index in [1.807, 2.05) is 19.1 Å². The molecule has 0 fully saturated rings. The summed E-state index contributed by atoms with van der Waals surface area (Å²) < 4.78 is 29.7. The standard InChI is InChI=1S/C20H21N3O4S/c1-13-10-11-14-6-2-5-9-18(14)23(13)28(26,27)22-20(25)17-12-21-19(24)16-8-4-3-7-15(16)17/h2-9,13,17H,10-12H2,1H3,(H,21,24)(H,22,25). The highest BCUT2D eigenvalue weighted by Gasteiger charge is 2.37. The number of benzene rings is 2. The van der Waals surface area contributed by atoms with Gasteiger partial charge in [0.05, 0.1) is 11.6 Å². The summed E-state index contributed by atoms with van der Waals surface area (Å²) in [7, 11) is -4.09. The molecule has 2 aliphatic rings. The molecule has 0 spiro atoms. The molecule has 2 amide bonds. The first-order valence-electron chi connectivity index (χ1n) is 9.19. The third kappa shape index (κ3) is 3.13. The molecule has 2 aliphatic heterocycles. The van der Waals surface area contributed by atoms with E-state index in [0.717, 1.165) is 12.0 Å². The highest BCUT2D eigenvalue weighted by molar-refractivity contribution is 7.91. The molecule has 2 unspecified atom stereocenters. The van der Waals surface area contributed by atoms with Crippen molar-refractivity contribution in [3.8, 4) is 0 Å². The van der Waals surface area contributed by atoms with E-state index in [4.69, 9.17) is 0 Å². The van der Waals surface area contributed by atoms with Gasteiger partial charge in [0.1, 0.15) is 0 Å². The van der Waals surface area contributed by atoms with E-state index in [0.29, 0.717) is 23.2 Å². The summed E-state index contributed by atoms with van der Waals surface area (Å²) in [6, 6.07) is 13.8. The maximum Gasteiger partial charge on any atom is 0.326 e. The minimum Gasteiger partial charge on any atom is -0.351 e. The smallest absolute Gasteiger partial charge is 0.326 e. The van der Waals surface area contributed by atoms with Crippen LogP contribution in [0.4, 0.5) is 5.69 Å². The van der Waals surface area contributed by atoms with Gasteiger partial charge in [-0.2, -0.15) is 8.42 Å². The molecule has 2 atom stereocenters. The van der Waals surface area contributed by atoms with Gasteiger partial charge >= 0.3 is 10.2 Å². The van der Waals surface area contributed by atoms with Crippen molar-refractivity contribution in [2.24, 2.45) is 0 Å². The summed E-state index contributed by atoms with van der Waals surface area (Å²) in [4.78, 5) is 24.9. The summed E-state index contributed by atoms with van der Waals surface area (Å²) in [5.74, 6) is -1.68. The second-order valence-corrected chi connectivity index (χ2v) is 8.68. The normalized spacial score (nSPS) is 21.3. The molecule has 28 heavy (non-hydrogen) atoms. The molecule has 0 aliphatic carbocycles. The van der Waals surface area contributed by atoms with Crippen LogP contribution in [0.25, 0.3) is 0 Å². The second kappa shape index (κ2) is 6.94. The zero-order valence-electron chi connectivity index (χ0n) is 15.4. The molecule has 8 heteroatoms. The van der Waals surface area contributed by atoms with Crippen LogP contribution in [-0.4, -0.2) is 32.8 Å². The molecule has 146 valence electrons. The number of nitrogens with zero attached hydrogens (tertiary/aromatic N) is 1. The third-order valence-corrected chi connectivity index (χ3v) is 6.85. The van der Waals surface area contributed by atoms with Gasteiger partial charge in [-0.25, -0.2) is 4.72 Å². The van der Waals surface area contributed by atoms with Crippen LogP contribution in [0.2, 0.25) is 0 Å². The van der Waals surface area contributed by atoms with Crippen LogP contribution in [-0.2, 0) is 21.4 Å². The Bertz CT molecular complexity index is 1050. The Hall–Kier alpha value is -2.87. The Kier molecular flexibility index (Phi) is 4.58. The number of rotatable bonds is 3. The van der Waals surface area contributed by atoms with Gasteiger partial charge in [-0.1, -0.05) is 36.4 Å². The van der Waals surface area contributed by atoms with Crippen LogP contribution in [0.1, 0.15) is 40.7 Å². The van der Waals surface area contributed by atoms with Gasteiger partial charge in [-0.3, -0.25) is 13.9 Å². The Balaban J connectivity index is 1.63. The van der Waals surface area contributed by atoms with Crippen molar-refractivity contribution in [1.82, 2.24) is 10.0 Å². The van der Waals surface area contributed by atoms with Gasteiger partial charge in [0, 0.05) is 18.2 Å². The Labute approximate surface area is 163 Å². The Morgan fingerprint density at radius 1 is 1.14 bits per heavy atom. The minimum absolute atomic E-state index is 0.0589. The van der Waals surface area contributed by atoms with Crippen molar-refractivity contribution in [2.45, 2.75) is 31.7 Å². The van der Waals surface area contributed by atoms with Crippen LogP contribution in [0.5, 0.6) is 0 Å². The van der Waals surface area contributed by atoms with Crippen molar-refractivity contribution in [2.75, 3.05) is 10.8 Å². The summed E-state index contributed by atoms with van der Waals surface area (Å²) in [6.45, 7) is 1.89. The van der Waals surface area contributed by atoms with Crippen molar-refractivity contribution in [3.63, 3.8) is 0 Å². The van der Waals surface area contributed by atoms with E-state index in [9.17, 15) is 18.0 Å². The van der Waals surface area contributed by atoms with Gasteiger partial charge in [0.2, 0.25) is 5.91 Å². The van der Waals surface area contributed by atoms with E-state index in [2.05, 4.69) is 10.0 Å². The predicted molar refractivity (Wildman–Crippen MR) is 105 cm³/mol. The molecular formula is C20H21N3O4S. The number of fused-ring (bicyclic) bond motifs is 2. The number of carbonyl (C=O) groups is 2. The highest BCUT2D eigenvalue weighted by Crippen LogP contribution is 2.32. The number of carbonyl (C=O) groups excluding carboxylic acids is 2. The van der Waals surface area contributed by atoms with Crippen LogP contribution in [0.3, 0.4) is 0 Å². The summed E-state index contributed by atoms with van der Waals surface area (Å²) in [5, 5.41) is 2.65. The van der Waals surface area contributed by atoms with E-state index < -0.39 is 22.0 Å². The first-order valence-corrected chi connectivity index (χ1v) is 10.6. The van der Waals surface area contributed by atoms with E-state index >= 15 is 0 Å². The van der Waals surface area contributed by atoms with Gasteiger partial charge in [0.15, 0.2) is 0 Å². The predicted octanol–water partition coefficient (Wildman–Crippen LogP) is 1.72.